The highest BCUT2D eigenvalue weighted by atomic mass is 16.5. The number of para-hydroxylation sites is 3. The predicted octanol–water partition coefficient (Wildman–Crippen LogP) is 2.29. The van der Waals surface area contributed by atoms with Crippen molar-refractivity contribution in [2.45, 2.75) is 6.42 Å². The normalized spacial score (nSPS) is 17.0. The highest BCUT2D eigenvalue weighted by molar-refractivity contribution is 6.08. The van der Waals surface area contributed by atoms with Gasteiger partial charge in [0.05, 0.1) is 30.3 Å². The van der Waals surface area contributed by atoms with Crippen molar-refractivity contribution in [1.82, 2.24) is 5.43 Å². The highest BCUT2D eigenvalue weighted by Crippen LogP contribution is 2.27. The minimum atomic E-state index is -0.283. The summed E-state index contributed by atoms with van der Waals surface area (Å²) in [6, 6.07) is 16.9. The Kier molecular flexibility index (Phi) is 5.25. The van der Waals surface area contributed by atoms with Gasteiger partial charge in [-0.05, 0) is 30.3 Å². The first kappa shape index (κ1) is 18.1. The molecule has 7 nitrogen and oxygen atoms in total. The molecule has 0 atom stereocenters. The number of nitrogens with one attached hydrogen (secondary N) is 2. The maximum absolute atomic E-state index is 12.9. The van der Waals surface area contributed by atoms with Crippen LogP contribution in [0.3, 0.4) is 0 Å². The van der Waals surface area contributed by atoms with Crippen LogP contribution in [0.25, 0.3) is 0 Å². The number of amides is 2. The van der Waals surface area contributed by atoms with E-state index in [1.54, 1.807) is 6.08 Å². The van der Waals surface area contributed by atoms with Gasteiger partial charge < -0.3 is 15.0 Å². The van der Waals surface area contributed by atoms with Crippen molar-refractivity contribution in [1.29, 1.82) is 0 Å². The van der Waals surface area contributed by atoms with Crippen LogP contribution in [0.2, 0.25) is 0 Å². The van der Waals surface area contributed by atoms with Gasteiger partial charge in [0.25, 0.3) is 5.91 Å². The van der Waals surface area contributed by atoms with Crippen LogP contribution in [0.4, 0.5) is 17.1 Å². The van der Waals surface area contributed by atoms with Crippen LogP contribution in [0.15, 0.2) is 66.4 Å². The number of hydrazine groups is 1. The van der Waals surface area contributed by atoms with E-state index in [0.29, 0.717) is 24.6 Å². The van der Waals surface area contributed by atoms with E-state index in [-0.39, 0.29) is 18.2 Å². The summed E-state index contributed by atoms with van der Waals surface area (Å²) in [6.45, 7) is 2.90. The number of benzene rings is 2. The molecule has 2 aromatic rings. The lowest BCUT2D eigenvalue weighted by molar-refractivity contribution is -0.119. The number of morpholine rings is 1. The SMILES string of the molecule is O=C(Nc1ccccc1N1CCOCC1)C1=CCC(=O)N(c2ccccc2)N1. The molecule has 2 amide bonds. The molecule has 1 saturated heterocycles. The van der Waals surface area contributed by atoms with Gasteiger partial charge in [0.15, 0.2) is 0 Å². The zero-order chi connectivity index (χ0) is 19.3. The Morgan fingerprint density at radius 3 is 2.50 bits per heavy atom. The topological polar surface area (TPSA) is 73.9 Å². The molecule has 0 aromatic heterocycles. The second-order valence-corrected chi connectivity index (χ2v) is 6.57. The summed E-state index contributed by atoms with van der Waals surface area (Å²) in [6.07, 6.45) is 1.78. The van der Waals surface area contributed by atoms with Gasteiger partial charge in [-0.1, -0.05) is 30.3 Å². The van der Waals surface area contributed by atoms with Crippen molar-refractivity contribution >= 4 is 28.9 Å². The number of carbonyl (C=O) groups is 2. The van der Waals surface area contributed by atoms with Crippen molar-refractivity contribution < 1.29 is 14.3 Å². The van der Waals surface area contributed by atoms with Crippen molar-refractivity contribution in [3.8, 4) is 0 Å². The van der Waals surface area contributed by atoms with E-state index < -0.39 is 0 Å². The molecule has 0 unspecified atom stereocenters. The molecule has 144 valence electrons. The number of nitrogens with zero attached hydrogens (tertiary/aromatic N) is 2. The first-order valence-corrected chi connectivity index (χ1v) is 9.30. The minimum Gasteiger partial charge on any atom is -0.378 e. The number of hydrogen-bond acceptors (Lipinski definition) is 5. The monoisotopic (exact) mass is 378 g/mol. The largest absolute Gasteiger partial charge is 0.378 e. The van der Waals surface area contributed by atoms with E-state index in [9.17, 15) is 9.59 Å². The minimum absolute atomic E-state index is 0.114. The summed E-state index contributed by atoms with van der Waals surface area (Å²) >= 11 is 0. The number of anilines is 3. The van der Waals surface area contributed by atoms with Gasteiger partial charge in [-0.25, -0.2) is 5.01 Å². The first-order valence-electron chi connectivity index (χ1n) is 9.30. The summed E-state index contributed by atoms with van der Waals surface area (Å²) in [5.74, 6) is -0.398. The Balaban J connectivity index is 1.50. The molecule has 0 saturated carbocycles. The molecular formula is C21H22N4O3. The van der Waals surface area contributed by atoms with Crippen LogP contribution in [-0.4, -0.2) is 38.1 Å². The van der Waals surface area contributed by atoms with Crippen molar-refractivity contribution in [2.24, 2.45) is 0 Å². The van der Waals surface area contributed by atoms with Gasteiger partial charge in [0.2, 0.25) is 5.91 Å². The smallest absolute Gasteiger partial charge is 0.273 e. The Bertz CT molecular complexity index is 892. The molecule has 0 aliphatic carbocycles. The molecule has 0 spiro atoms. The number of carbonyl (C=O) groups excluding carboxylic acids is 2. The van der Waals surface area contributed by atoms with Gasteiger partial charge in [-0.3, -0.25) is 15.0 Å². The lowest BCUT2D eigenvalue weighted by Crippen LogP contribution is -2.47. The van der Waals surface area contributed by atoms with Crippen molar-refractivity contribution in [2.75, 3.05) is 41.5 Å². The van der Waals surface area contributed by atoms with Crippen LogP contribution >= 0.6 is 0 Å². The number of ether oxygens (including phenoxy) is 1. The number of hydrogen-bond donors (Lipinski definition) is 2. The summed E-state index contributed by atoms with van der Waals surface area (Å²) in [5.41, 5.74) is 5.68. The average Bonchev–Trinajstić information content (AvgIpc) is 2.75. The maximum atomic E-state index is 12.9. The van der Waals surface area contributed by atoms with Gasteiger partial charge in [-0.15, -0.1) is 0 Å². The van der Waals surface area contributed by atoms with Crippen molar-refractivity contribution in [3.05, 3.63) is 66.4 Å². The van der Waals surface area contributed by atoms with Gasteiger partial charge in [-0.2, -0.15) is 0 Å². The summed E-state index contributed by atoms with van der Waals surface area (Å²) in [4.78, 5) is 27.3. The average molecular weight is 378 g/mol. The molecule has 2 aliphatic rings. The van der Waals surface area contributed by atoms with E-state index in [4.69, 9.17) is 4.74 Å². The van der Waals surface area contributed by atoms with E-state index in [0.717, 1.165) is 24.5 Å². The van der Waals surface area contributed by atoms with Gasteiger partial charge in [0, 0.05) is 19.5 Å². The van der Waals surface area contributed by atoms with Crippen LogP contribution in [0, 0.1) is 0 Å². The molecule has 0 radical (unpaired) electrons. The van der Waals surface area contributed by atoms with Gasteiger partial charge in [0.1, 0.15) is 5.70 Å². The van der Waals surface area contributed by atoms with Crippen molar-refractivity contribution in [3.63, 3.8) is 0 Å². The Morgan fingerprint density at radius 2 is 1.71 bits per heavy atom. The molecule has 7 heteroatoms. The van der Waals surface area contributed by atoms with Crippen LogP contribution in [-0.2, 0) is 14.3 Å². The molecule has 2 heterocycles. The quantitative estimate of drug-likeness (QED) is 0.854. The molecule has 1 fully saturated rings. The summed E-state index contributed by atoms with van der Waals surface area (Å²) in [7, 11) is 0. The summed E-state index contributed by atoms with van der Waals surface area (Å²) < 4.78 is 5.42. The fourth-order valence-corrected chi connectivity index (χ4v) is 3.29. The third-order valence-corrected chi connectivity index (χ3v) is 4.73. The van der Waals surface area contributed by atoms with Gasteiger partial charge >= 0.3 is 0 Å². The molecule has 2 aromatic carbocycles. The molecule has 4 rings (SSSR count). The lowest BCUT2D eigenvalue weighted by Gasteiger charge is -2.31. The van der Waals surface area contributed by atoms with E-state index in [1.807, 2.05) is 54.6 Å². The molecule has 2 N–H and O–H groups in total. The molecular weight excluding hydrogens is 356 g/mol. The second kappa shape index (κ2) is 8.14. The third-order valence-electron chi connectivity index (χ3n) is 4.73. The van der Waals surface area contributed by atoms with Crippen LogP contribution < -0.4 is 20.7 Å². The maximum Gasteiger partial charge on any atom is 0.273 e. The van der Waals surface area contributed by atoms with E-state index >= 15 is 0 Å². The van der Waals surface area contributed by atoms with Crippen LogP contribution in [0.5, 0.6) is 0 Å². The predicted molar refractivity (Wildman–Crippen MR) is 108 cm³/mol. The first-order chi connectivity index (χ1) is 13.7. The zero-order valence-corrected chi connectivity index (χ0v) is 15.4. The fraction of sp³-hybridized carbons (Fsp3) is 0.238. The highest BCUT2D eigenvalue weighted by Gasteiger charge is 2.25. The lowest BCUT2D eigenvalue weighted by atomic mass is 10.2. The zero-order valence-electron chi connectivity index (χ0n) is 15.4. The van der Waals surface area contributed by atoms with E-state index in [2.05, 4.69) is 15.6 Å². The molecule has 28 heavy (non-hydrogen) atoms. The standard InChI is InChI=1S/C21H22N4O3/c26-20-11-10-18(23-25(20)16-6-2-1-3-7-16)21(27)22-17-8-4-5-9-19(17)24-12-14-28-15-13-24/h1-10,23H,11-15H2,(H,22,27). The summed E-state index contributed by atoms with van der Waals surface area (Å²) in [5, 5.41) is 4.38. The second-order valence-electron chi connectivity index (χ2n) is 6.57. The van der Waals surface area contributed by atoms with Crippen LogP contribution in [0.1, 0.15) is 6.42 Å². The Labute approximate surface area is 163 Å². The molecule has 0 bridgehead atoms. The third kappa shape index (κ3) is 3.84. The fourth-order valence-electron chi connectivity index (χ4n) is 3.29. The Hall–Kier alpha value is -3.32. The Morgan fingerprint density at radius 1 is 1.00 bits per heavy atom. The van der Waals surface area contributed by atoms with E-state index in [1.165, 1.54) is 5.01 Å². The molecule has 2 aliphatic heterocycles. The number of rotatable bonds is 4.